The van der Waals surface area contributed by atoms with Gasteiger partial charge in [-0.3, -0.25) is 9.52 Å². The summed E-state index contributed by atoms with van der Waals surface area (Å²) in [4.78, 5) is 16.5. The zero-order chi connectivity index (χ0) is 20.6. The van der Waals surface area contributed by atoms with Gasteiger partial charge in [0, 0.05) is 23.5 Å². The Balaban J connectivity index is 1.56. The summed E-state index contributed by atoms with van der Waals surface area (Å²) in [5, 5.41) is 2.09. The van der Waals surface area contributed by atoms with Crippen LogP contribution in [0, 0.1) is 0 Å². The fourth-order valence-electron chi connectivity index (χ4n) is 4.11. The highest BCUT2D eigenvalue weighted by atomic mass is 32.2. The predicted molar refractivity (Wildman–Crippen MR) is 115 cm³/mol. The molecule has 1 amide bonds. The fraction of sp³-hybridized carbons (Fsp3) is 0.333. The van der Waals surface area contributed by atoms with E-state index in [2.05, 4.69) is 32.7 Å². The summed E-state index contributed by atoms with van der Waals surface area (Å²) in [6.07, 6.45) is 1.63. The number of nitrogens with zero attached hydrogens (tertiary/aromatic N) is 2. The first-order chi connectivity index (χ1) is 13.9. The van der Waals surface area contributed by atoms with Crippen molar-refractivity contribution in [1.29, 1.82) is 0 Å². The van der Waals surface area contributed by atoms with Crippen LogP contribution in [0.5, 0.6) is 0 Å². The minimum absolute atomic E-state index is 0.0669. The van der Waals surface area contributed by atoms with Crippen LogP contribution in [0.4, 0.5) is 0 Å². The minimum atomic E-state index is -3.66. The van der Waals surface area contributed by atoms with Crippen molar-refractivity contribution in [2.45, 2.75) is 39.2 Å². The Morgan fingerprint density at radius 2 is 2.00 bits per heavy atom. The molecule has 3 heterocycles. The molecule has 0 bridgehead atoms. The third-order valence-corrected chi connectivity index (χ3v) is 7.49. The van der Waals surface area contributed by atoms with Crippen LogP contribution in [0.3, 0.4) is 0 Å². The Hall–Kier alpha value is -2.45. The first-order valence-corrected chi connectivity index (χ1v) is 11.9. The second kappa shape index (κ2) is 7.76. The van der Waals surface area contributed by atoms with E-state index in [9.17, 15) is 13.2 Å². The van der Waals surface area contributed by atoms with Crippen molar-refractivity contribution in [3.05, 3.63) is 69.1 Å². The largest absolute Gasteiger partial charge is 0.342 e. The van der Waals surface area contributed by atoms with Crippen LogP contribution in [0.15, 0.2) is 57.4 Å². The van der Waals surface area contributed by atoms with Crippen LogP contribution < -0.4 is 4.72 Å². The number of carbonyl (C=O) groups is 1. The van der Waals surface area contributed by atoms with Gasteiger partial charge in [-0.15, -0.1) is 15.7 Å². The molecule has 8 heteroatoms. The third-order valence-electron chi connectivity index (χ3n) is 5.42. The van der Waals surface area contributed by atoms with Crippen molar-refractivity contribution >= 4 is 33.2 Å². The standard InChI is InChI=1S/C21H23N3O3S2/c1-14-17(15(2)23-29(26,27)22-14)8-9-20(25)24-12-10-19-18(11-13-28-19)21(24)16-6-4-3-5-7-16/h3-7,11,13,21-22H,8-10,12H2,1-2H3/t21-/m0/s1. The summed E-state index contributed by atoms with van der Waals surface area (Å²) < 4.78 is 29.5. The molecular weight excluding hydrogens is 406 g/mol. The maximum absolute atomic E-state index is 13.2. The lowest BCUT2D eigenvalue weighted by atomic mass is 9.92. The van der Waals surface area contributed by atoms with Crippen molar-refractivity contribution in [2.24, 2.45) is 4.40 Å². The van der Waals surface area contributed by atoms with Crippen LogP contribution in [-0.4, -0.2) is 31.5 Å². The number of benzene rings is 1. The molecule has 0 fully saturated rings. The molecule has 2 aromatic rings. The molecular formula is C21H23N3O3S2. The van der Waals surface area contributed by atoms with E-state index in [1.165, 1.54) is 10.4 Å². The van der Waals surface area contributed by atoms with Crippen molar-refractivity contribution in [2.75, 3.05) is 6.54 Å². The Morgan fingerprint density at radius 1 is 1.24 bits per heavy atom. The molecule has 0 saturated heterocycles. The summed E-state index contributed by atoms with van der Waals surface area (Å²) in [6.45, 7) is 4.07. The third kappa shape index (κ3) is 4.00. The maximum Gasteiger partial charge on any atom is 0.342 e. The van der Waals surface area contributed by atoms with Crippen molar-refractivity contribution in [3.63, 3.8) is 0 Å². The van der Waals surface area contributed by atoms with Crippen molar-refractivity contribution < 1.29 is 13.2 Å². The van der Waals surface area contributed by atoms with Gasteiger partial charge >= 0.3 is 10.2 Å². The lowest BCUT2D eigenvalue weighted by molar-refractivity contribution is -0.133. The number of rotatable bonds is 4. The summed E-state index contributed by atoms with van der Waals surface area (Å²) >= 11 is 1.75. The van der Waals surface area contributed by atoms with E-state index in [1.807, 2.05) is 23.1 Å². The lowest BCUT2D eigenvalue weighted by Crippen LogP contribution is -2.40. The first kappa shape index (κ1) is 19.8. The van der Waals surface area contributed by atoms with Gasteiger partial charge in [-0.2, -0.15) is 8.42 Å². The molecule has 1 aromatic carbocycles. The van der Waals surface area contributed by atoms with E-state index in [-0.39, 0.29) is 11.9 Å². The van der Waals surface area contributed by atoms with Crippen LogP contribution in [0.25, 0.3) is 0 Å². The van der Waals surface area contributed by atoms with Gasteiger partial charge in [0.05, 0.1) is 11.8 Å². The smallest absolute Gasteiger partial charge is 0.331 e. The molecule has 1 atom stereocenters. The van der Waals surface area contributed by atoms with Gasteiger partial charge in [-0.1, -0.05) is 30.3 Å². The zero-order valence-corrected chi connectivity index (χ0v) is 18.0. The molecule has 29 heavy (non-hydrogen) atoms. The monoisotopic (exact) mass is 429 g/mol. The van der Waals surface area contributed by atoms with Gasteiger partial charge in [0.2, 0.25) is 5.91 Å². The van der Waals surface area contributed by atoms with Gasteiger partial charge in [0.1, 0.15) is 0 Å². The maximum atomic E-state index is 13.2. The predicted octanol–water partition coefficient (Wildman–Crippen LogP) is 3.59. The molecule has 0 aliphatic carbocycles. The molecule has 6 nitrogen and oxygen atoms in total. The Labute approximate surface area is 175 Å². The number of nitrogens with one attached hydrogen (secondary N) is 1. The minimum Gasteiger partial charge on any atom is -0.331 e. The highest BCUT2D eigenvalue weighted by Crippen LogP contribution is 2.38. The second-order valence-electron chi connectivity index (χ2n) is 7.31. The number of fused-ring (bicyclic) bond motifs is 1. The number of amides is 1. The molecule has 2 aliphatic heterocycles. The number of carbonyl (C=O) groups excluding carboxylic acids is 1. The van der Waals surface area contributed by atoms with E-state index in [1.54, 1.807) is 25.2 Å². The van der Waals surface area contributed by atoms with E-state index >= 15 is 0 Å². The molecule has 2 aliphatic rings. The summed E-state index contributed by atoms with van der Waals surface area (Å²) in [5.74, 6) is 0.0669. The Morgan fingerprint density at radius 3 is 2.72 bits per heavy atom. The lowest BCUT2D eigenvalue weighted by Gasteiger charge is -2.36. The van der Waals surface area contributed by atoms with E-state index in [0.717, 1.165) is 17.6 Å². The normalized spacial score (nSPS) is 20.7. The van der Waals surface area contributed by atoms with Crippen molar-refractivity contribution in [3.8, 4) is 0 Å². The first-order valence-electron chi connectivity index (χ1n) is 9.56. The number of hydrogen-bond donors (Lipinski definition) is 1. The van der Waals surface area contributed by atoms with Crippen LogP contribution >= 0.6 is 11.3 Å². The van der Waals surface area contributed by atoms with E-state index in [4.69, 9.17) is 0 Å². The molecule has 0 spiro atoms. The molecule has 0 saturated carbocycles. The van der Waals surface area contributed by atoms with Gasteiger partial charge in [-0.25, -0.2) is 0 Å². The van der Waals surface area contributed by atoms with Crippen LogP contribution in [0.1, 0.15) is 48.7 Å². The summed E-state index contributed by atoms with van der Waals surface area (Å²) in [7, 11) is -3.66. The average Bonchev–Trinajstić information content (AvgIpc) is 3.15. The quantitative estimate of drug-likeness (QED) is 0.807. The van der Waals surface area contributed by atoms with Crippen LogP contribution in [0.2, 0.25) is 0 Å². The zero-order valence-electron chi connectivity index (χ0n) is 16.4. The molecule has 0 radical (unpaired) electrons. The number of allylic oxidation sites excluding steroid dienone is 2. The molecule has 152 valence electrons. The number of thiophene rings is 1. The highest BCUT2D eigenvalue weighted by Gasteiger charge is 2.32. The summed E-state index contributed by atoms with van der Waals surface area (Å²) in [6, 6.07) is 12.2. The molecule has 0 unspecified atom stereocenters. The van der Waals surface area contributed by atoms with Gasteiger partial charge in [0.15, 0.2) is 0 Å². The summed E-state index contributed by atoms with van der Waals surface area (Å²) in [5.41, 5.74) is 4.10. The van der Waals surface area contributed by atoms with Gasteiger partial charge < -0.3 is 4.90 Å². The fourth-order valence-corrected chi connectivity index (χ4v) is 6.04. The van der Waals surface area contributed by atoms with E-state index < -0.39 is 10.2 Å². The molecule has 4 rings (SSSR count). The second-order valence-corrected chi connectivity index (χ2v) is 9.64. The van der Waals surface area contributed by atoms with Crippen LogP contribution in [-0.2, 0) is 21.4 Å². The highest BCUT2D eigenvalue weighted by molar-refractivity contribution is 7.88. The molecule has 1 N–H and O–H groups in total. The Kier molecular flexibility index (Phi) is 5.31. The Bertz CT molecular complexity index is 1100. The SMILES string of the molecule is CC1=NS(=O)(=O)NC(C)=C1CCC(=O)N1CCc2sccc2[C@@H]1c1ccccc1. The van der Waals surface area contributed by atoms with Gasteiger partial charge in [0.25, 0.3) is 0 Å². The van der Waals surface area contributed by atoms with Crippen molar-refractivity contribution in [1.82, 2.24) is 9.62 Å². The number of hydrogen-bond acceptors (Lipinski definition) is 4. The molecule has 1 aromatic heterocycles. The average molecular weight is 430 g/mol. The van der Waals surface area contributed by atoms with E-state index in [0.29, 0.717) is 30.8 Å². The van der Waals surface area contributed by atoms with Gasteiger partial charge in [-0.05, 0) is 54.8 Å². The topological polar surface area (TPSA) is 78.8 Å².